The molecular formula is C19H13F6N3O5. The van der Waals surface area contributed by atoms with E-state index in [0.29, 0.717) is 12.1 Å². The lowest BCUT2D eigenvalue weighted by atomic mass is 10.1. The largest absolute Gasteiger partial charge is 0.471 e. The van der Waals surface area contributed by atoms with Crippen molar-refractivity contribution in [3.8, 4) is 0 Å². The average molecular weight is 477 g/mol. The van der Waals surface area contributed by atoms with Crippen molar-refractivity contribution in [2.45, 2.75) is 12.4 Å². The van der Waals surface area contributed by atoms with Gasteiger partial charge in [-0.05, 0) is 30.3 Å². The second-order valence-electron chi connectivity index (χ2n) is 6.16. The maximum atomic E-state index is 12.7. The van der Waals surface area contributed by atoms with Gasteiger partial charge in [-0.15, -0.1) is 0 Å². The van der Waals surface area contributed by atoms with Crippen LogP contribution >= 0.6 is 0 Å². The number of oxime groups is 1. The first-order chi connectivity index (χ1) is 15.2. The summed E-state index contributed by atoms with van der Waals surface area (Å²) >= 11 is 0. The molecule has 33 heavy (non-hydrogen) atoms. The number of halogens is 6. The van der Waals surface area contributed by atoms with Crippen molar-refractivity contribution in [2.24, 2.45) is 5.16 Å². The number of hydrogen-bond acceptors (Lipinski definition) is 7. The number of nitrogen functional groups attached to an aromatic ring is 1. The van der Waals surface area contributed by atoms with Crippen molar-refractivity contribution >= 4 is 35.4 Å². The topological polar surface area (TPSA) is 120 Å². The average Bonchev–Trinajstić information content (AvgIpc) is 2.72. The van der Waals surface area contributed by atoms with Crippen LogP contribution in [0.5, 0.6) is 0 Å². The predicted octanol–water partition coefficient (Wildman–Crippen LogP) is 3.77. The number of alkyl halides is 6. The lowest BCUT2D eigenvalue weighted by Crippen LogP contribution is -2.30. The van der Waals surface area contributed by atoms with Gasteiger partial charge in [-0.1, -0.05) is 11.2 Å². The number of nitrogens with zero attached hydrogens (tertiary/aromatic N) is 1. The maximum Gasteiger partial charge on any atom is 0.471 e. The van der Waals surface area contributed by atoms with Gasteiger partial charge in [0, 0.05) is 11.3 Å². The first-order valence-electron chi connectivity index (χ1n) is 8.56. The summed E-state index contributed by atoms with van der Waals surface area (Å²) in [5, 5.41) is 4.69. The molecule has 0 atom stereocenters. The highest BCUT2D eigenvalue weighted by Crippen LogP contribution is 2.31. The van der Waals surface area contributed by atoms with Gasteiger partial charge in [0.2, 0.25) is 0 Å². The molecule has 0 unspecified atom stereocenters. The number of carbonyl (C=O) groups is 3. The molecule has 0 radical (unpaired) electrons. The van der Waals surface area contributed by atoms with Crippen LogP contribution in [-0.4, -0.2) is 37.3 Å². The number of anilines is 2. The molecule has 0 saturated heterocycles. The summed E-state index contributed by atoms with van der Waals surface area (Å²) in [4.78, 5) is 39.6. The van der Waals surface area contributed by atoms with Gasteiger partial charge in [0.25, 0.3) is 0 Å². The minimum atomic E-state index is -5.30. The van der Waals surface area contributed by atoms with Crippen molar-refractivity contribution in [3.05, 3.63) is 58.7 Å². The van der Waals surface area contributed by atoms with Gasteiger partial charge < -0.3 is 20.6 Å². The van der Waals surface area contributed by atoms with E-state index in [-0.39, 0.29) is 16.8 Å². The zero-order valence-electron chi connectivity index (χ0n) is 16.4. The van der Waals surface area contributed by atoms with Crippen LogP contribution in [0.15, 0.2) is 41.6 Å². The summed E-state index contributed by atoms with van der Waals surface area (Å²) in [6.07, 6.45) is -9.14. The molecule has 0 aliphatic carbocycles. The summed E-state index contributed by atoms with van der Waals surface area (Å²) < 4.78 is 80.2. The summed E-state index contributed by atoms with van der Waals surface area (Å²) in [5.74, 6) is -4.75. The fourth-order valence-electron chi connectivity index (χ4n) is 2.31. The summed E-state index contributed by atoms with van der Waals surface area (Å²) in [6.45, 7) is 0. The van der Waals surface area contributed by atoms with Crippen LogP contribution in [0.2, 0.25) is 0 Å². The van der Waals surface area contributed by atoms with Gasteiger partial charge in [0.1, 0.15) is 0 Å². The third-order valence-corrected chi connectivity index (χ3v) is 3.91. The number of carbonyl (C=O) groups excluding carboxylic acids is 3. The minimum Gasteiger partial charge on any atom is -0.465 e. The molecule has 0 bridgehead atoms. The molecular weight excluding hydrogens is 464 g/mol. The van der Waals surface area contributed by atoms with E-state index in [1.165, 1.54) is 5.32 Å². The number of benzene rings is 2. The molecule has 0 heterocycles. The highest BCUT2D eigenvalue weighted by molar-refractivity contribution is 6.04. The third kappa shape index (κ3) is 6.44. The number of esters is 1. The van der Waals surface area contributed by atoms with Crippen LogP contribution in [0.3, 0.4) is 0 Å². The molecule has 3 N–H and O–H groups in total. The quantitative estimate of drug-likeness (QED) is 0.169. The lowest BCUT2D eigenvalue weighted by molar-refractivity contribution is -0.167. The molecule has 176 valence electrons. The first kappa shape index (κ1) is 25.2. The Morgan fingerprint density at radius 2 is 1.67 bits per heavy atom. The van der Waals surface area contributed by atoms with Crippen LogP contribution in [0, 0.1) is 0 Å². The molecule has 0 aliphatic heterocycles. The molecule has 2 aromatic rings. The van der Waals surface area contributed by atoms with Crippen LogP contribution in [0.25, 0.3) is 0 Å². The van der Waals surface area contributed by atoms with Crippen LogP contribution in [0.4, 0.5) is 37.7 Å². The molecule has 2 aromatic carbocycles. The summed E-state index contributed by atoms with van der Waals surface area (Å²) in [7, 11) is 1.00. The van der Waals surface area contributed by atoms with Crippen molar-refractivity contribution in [1.82, 2.24) is 0 Å². The Labute approximate surface area is 180 Å². The Morgan fingerprint density at radius 1 is 1.00 bits per heavy atom. The van der Waals surface area contributed by atoms with Gasteiger partial charge in [0.15, 0.2) is 0 Å². The highest BCUT2D eigenvalue weighted by Gasteiger charge is 2.39. The molecule has 0 aliphatic rings. The normalized spacial score (nSPS) is 11.8. The zero-order chi connectivity index (χ0) is 25.0. The molecule has 8 nitrogen and oxygen atoms in total. The van der Waals surface area contributed by atoms with Gasteiger partial charge >= 0.3 is 30.2 Å². The van der Waals surface area contributed by atoms with Crippen molar-refractivity contribution in [1.29, 1.82) is 0 Å². The minimum absolute atomic E-state index is 0.0533. The summed E-state index contributed by atoms with van der Waals surface area (Å²) in [5.41, 5.74) is 2.45. The molecule has 0 aromatic heterocycles. The number of rotatable bonds is 5. The second kappa shape index (κ2) is 9.58. The van der Waals surface area contributed by atoms with Gasteiger partial charge in [-0.2, -0.15) is 26.3 Å². The third-order valence-electron chi connectivity index (χ3n) is 3.91. The Morgan fingerprint density at radius 3 is 2.21 bits per heavy atom. The Bertz CT molecular complexity index is 1110. The van der Waals surface area contributed by atoms with E-state index in [1.54, 1.807) is 0 Å². The molecule has 14 heteroatoms. The van der Waals surface area contributed by atoms with E-state index >= 15 is 0 Å². The predicted molar refractivity (Wildman–Crippen MR) is 101 cm³/mol. The number of nitrogens with two attached hydrogens (primary N) is 1. The summed E-state index contributed by atoms with van der Waals surface area (Å²) in [6, 6.07) is 4.93. The number of ether oxygens (including phenoxy) is 1. The van der Waals surface area contributed by atoms with Gasteiger partial charge in [0.05, 0.1) is 35.7 Å². The van der Waals surface area contributed by atoms with Crippen molar-refractivity contribution in [2.75, 3.05) is 18.2 Å². The highest BCUT2D eigenvalue weighted by atomic mass is 19.4. The van der Waals surface area contributed by atoms with E-state index in [0.717, 1.165) is 37.6 Å². The molecule has 2 rings (SSSR count). The monoisotopic (exact) mass is 477 g/mol. The van der Waals surface area contributed by atoms with E-state index in [4.69, 9.17) is 5.73 Å². The van der Waals surface area contributed by atoms with E-state index < -0.39 is 47.0 Å². The number of amides is 1. The standard InChI is InChI=1S/C19H13F6N3O5/c1-32-15(29)9-3-5-12(14(6-9)28-17(31)19(23,24)25)16(30)33-27-8-10-2-4-11(7-13(10)26)18(20,21)22/h2-8H,26H2,1H3,(H,28,31)/b27-8+. The first-order valence-corrected chi connectivity index (χ1v) is 8.56. The molecule has 1 amide bonds. The Balaban J connectivity index is 2.27. The maximum absolute atomic E-state index is 12.7. The number of methoxy groups -OCH3 is 1. The van der Waals surface area contributed by atoms with Gasteiger partial charge in [-0.25, -0.2) is 9.59 Å². The van der Waals surface area contributed by atoms with E-state index in [1.807, 2.05) is 0 Å². The van der Waals surface area contributed by atoms with Crippen LogP contribution < -0.4 is 11.1 Å². The van der Waals surface area contributed by atoms with Crippen molar-refractivity contribution in [3.63, 3.8) is 0 Å². The van der Waals surface area contributed by atoms with E-state index in [2.05, 4.69) is 14.7 Å². The van der Waals surface area contributed by atoms with Gasteiger partial charge in [-0.3, -0.25) is 4.79 Å². The molecule has 0 fully saturated rings. The lowest BCUT2D eigenvalue weighted by Gasteiger charge is -2.12. The Kier molecular flexibility index (Phi) is 7.31. The zero-order valence-corrected chi connectivity index (χ0v) is 16.4. The molecule has 0 saturated carbocycles. The number of hydrogen-bond donors (Lipinski definition) is 2. The fourth-order valence-corrected chi connectivity index (χ4v) is 2.31. The molecule has 0 spiro atoms. The smallest absolute Gasteiger partial charge is 0.465 e. The Hall–Kier alpha value is -4.10. The van der Waals surface area contributed by atoms with E-state index in [9.17, 15) is 40.7 Å². The SMILES string of the molecule is COC(=O)c1ccc(C(=O)O/N=C/c2ccc(C(F)(F)F)cc2N)c(NC(=O)C(F)(F)F)c1. The van der Waals surface area contributed by atoms with Crippen LogP contribution in [0.1, 0.15) is 31.8 Å². The number of nitrogens with one attached hydrogen (secondary N) is 1. The van der Waals surface area contributed by atoms with Crippen LogP contribution in [-0.2, 0) is 20.5 Å². The second-order valence-corrected chi connectivity index (χ2v) is 6.16. The van der Waals surface area contributed by atoms with Crippen molar-refractivity contribution < 1.29 is 50.3 Å². The fraction of sp³-hybridized carbons (Fsp3) is 0.158.